The Labute approximate surface area is 110 Å². The topological polar surface area (TPSA) is 24.4 Å². The Balaban J connectivity index is 2.00. The van der Waals surface area contributed by atoms with Crippen LogP contribution in [0.3, 0.4) is 0 Å². The first-order valence-corrected chi connectivity index (χ1v) is 8.08. The maximum absolute atomic E-state index is 5.02. The van der Waals surface area contributed by atoms with Crippen LogP contribution in [0, 0.1) is 5.92 Å². The molecule has 1 aliphatic carbocycles. The van der Waals surface area contributed by atoms with Gasteiger partial charge in [0.1, 0.15) is 0 Å². The second-order valence-corrected chi connectivity index (χ2v) is 7.09. The molecule has 3 heteroatoms. The van der Waals surface area contributed by atoms with E-state index in [-0.39, 0.29) is 0 Å². The van der Waals surface area contributed by atoms with Gasteiger partial charge in [0.2, 0.25) is 0 Å². The molecular weight excluding hydrogens is 228 g/mol. The number of nitrogens with zero attached hydrogens (tertiary/aromatic N) is 1. The summed E-state index contributed by atoms with van der Waals surface area (Å²) in [5.41, 5.74) is 0. The fraction of sp³-hybridized carbons (Fsp3) is 0.929. The van der Waals surface area contributed by atoms with Gasteiger partial charge in [-0.3, -0.25) is 4.99 Å². The molecule has 2 aliphatic rings. The van der Waals surface area contributed by atoms with Crippen molar-refractivity contribution in [3.05, 3.63) is 0 Å². The molecule has 2 fully saturated rings. The fourth-order valence-corrected chi connectivity index (χ4v) is 4.32. The summed E-state index contributed by atoms with van der Waals surface area (Å²) in [6.07, 6.45) is 8.00. The zero-order valence-electron chi connectivity index (χ0n) is 11.4. The monoisotopic (exact) mass is 254 g/mol. The highest BCUT2D eigenvalue weighted by Gasteiger charge is 2.26. The minimum Gasteiger partial charge on any atom is -0.362 e. The molecule has 4 atom stereocenters. The molecule has 1 saturated carbocycles. The molecule has 0 aromatic heterocycles. The normalized spacial score (nSPS) is 41.2. The Morgan fingerprint density at radius 2 is 2.06 bits per heavy atom. The molecule has 1 saturated heterocycles. The molecule has 2 nitrogen and oxygen atoms in total. The molecule has 0 aromatic rings. The molecule has 0 amide bonds. The number of aliphatic imine (C=N–C) groups is 1. The van der Waals surface area contributed by atoms with E-state index in [1.54, 1.807) is 0 Å². The number of nitrogens with one attached hydrogen (secondary N) is 1. The number of rotatable bonds is 2. The minimum atomic E-state index is 0.584. The van der Waals surface area contributed by atoms with Crippen LogP contribution in [-0.4, -0.2) is 22.5 Å². The van der Waals surface area contributed by atoms with Gasteiger partial charge in [-0.25, -0.2) is 0 Å². The second kappa shape index (κ2) is 6.12. The fourth-order valence-electron chi connectivity index (χ4n) is 3.09. The van der Waals surface area contributed by atoms with E-state index in [1.807, 2.05) is 11.8 Å². The van der Waals surface area contributed by atoms with Crippen LogP contribution in [0.4, 0.5) is 0 Å². The van der Waals surface area contributed by atoms with Gasteiger partial charge in [-0.05, 0) is 32.1 Å². The van der Waals surface area contributed by atoms with E-state index in [2.05, 4.69) is 26.1 Å². The van der Waals surface area contributed by atoms with Gasteiger partial charge in [0.25, 0.3) is 0 Å². The van der Waals surface area contributed by atoms with E-state index in [0.717, 1.165) is 5.92 Å². The van der Waals surface area contributed by atoms with Gasteiger partial charge >= 0.3 is 0 Å². The lowest BCUT2D eigenvalue weighted by Crippen LogP contribution is -2.39. The number of thioether (sulfide) groups is 1. The van der Waals surface area contributed by atoms with Gasteiger partial charge in [-0.15, -0.1) is 0 Å². The van der Waals surface area contributed by atoms with Gasteiger partial charge in [-0.2, -0.15) is 0 Å². The lowest BCUT2D eigenvalue weighted by Gasteiger charge is -2.31. The standard InChI is InChI=1S/C14H26N2S/c1-4-12-7-5-6-8-13(12)16-14-15-10(2)9-11(3)17-14/h10-13H,4-9H2,1-3H3,(H,15,16). The molecule has 0 aromatic carbocycles. The molecule has 0 radical (unpaired) electrons. The summed E-state index contributed by atoms with van der Waals surface area (Å²) in [6.45, 7) is 6.90. The predicted octanol–water partition coefficient (Wildman–Crippen LogP) is 3.81. The highest BCUT2D eigenvalue weighted by atomic mass is 32.2. The van der Waals surface area contributed by atoms with Gasteiger partial charge in [-0.1, -0.05) is 44.9 Å². The average molecular weight is 254 g/mol. The Bertz CT molecular complexity index is 265. The molecule has 4 unspecified atom stereocenters. The third-order valence-electron chi connectivity index (χ3n) is 4.04. The van der Waals surface area contributed by atoms with Crippen molar-refractivity contribution in [3.63, 3.8) is 0 Å². The first-order valence-electron chi connectivity index (χ1n) is 7.20. The molecule has 98 valence electrons. The van der Waals surface area contributed by atoms with E-state index < -0.39 is 0 Å². The first-order chi connectivity index (χ1) is 8.19. The third kappa shape index (κ3) is 3.64. The van der Waals surface area contributed by atoms with E-state index in [1.165, 1.54) is 43.7 Å². The summed E-state index contributed by atoms with van der Waals surface area (Å²) >= 11 is 1.94. The van der Waals surface area contributed by atoms with Crippen molar-refractivity contribution in [2.24, 2.45) is 10.9 Å². The Kier molecular flexibility index (Phi) is 4.78. The predicted molar refractivity (Wildman–Crippen MR) is 77.7 cm³/mol. The highest BCUT2D eigenvalue weighted by molar-refractivity contribution is 8.14. The zero-order valence-corrected chi connectivity index (χ0v) is 12.2. The van der Waals surface area contributed by atoms with Crippen molar-refractivity contribution in [2.75, 3.05) is 0 Å². The molecular formula is C14H26N2S. The second-order valence-electron chi connectivity index (χ2n) is 5.66. The number of hydrogen-bond donors (Lipinski definition) is 1. The van der Waals surface area contributed by atoms with E-state index in [0.29, 0.717) is 17.3 Å². The highest BCUT2D eigenvalue weighted by Crippen LogP contribution is 2.31. The lowest BCUT2D eigenvalue weighted by molar-refractivity contribution is 0.302. The van der Waals surface area contributed by atoms with E-state index in [4.69, 9.17) is 4.99 Å². The summed E-state index contributed by atoms with van der Waals surface area (Å²) in [4.78, 5) is 5.02. The Morgan fingerprint density at radius 3 is 2.76 bits per heavy atom. The van der Waals surface area contributed by atoms with Crippen LogP contribution in [0.15, 0.2) is 4.99 Å². The minimum absolute atomic E-state index is 0.584. The van der Waals surface area contributed by atoms with E-state index >= 15 is 0 Å². The quantitative estimate of drug-likeness (QED) is 0.810. The molecule has 17 heavy (non-hydrogen) atoms. The first kappa shape index (κ1) is 13.3. The summed E-state index contributed by atoms with van der Waals surface area (Å²) in [7, 11) is 0. The third-order valence-corrected chi connectivity index (χ3v) is 5.09. The lowest BCUT2D eigenvalue weighted by atomic mass is 9.83. The molecule has 1 aliphatic heterocycles. The number of hydrogen-bond acceptors (Lipinski definition) is 2. The summed E-state index contributed by atoms with van der Waals surface area (Å²) in [5.74, 6) is 0.825. The van der Waals surface area contributed by atoms with Crippen LogP contribution in [0.5, 0.6) is 0 Å². The van der Waals surface area contributed by atoms with Crippen molar-refractivity contribution >= 4 is 16.9 Å². The van der Waals surface area contributed by atoms with Crippen LogP contribution in [-0.2, 0) is 0 Å². The van der Waals surface area contributed by atoms with Crippen molar-refractivity contribution < 1.29 is 0 Å². The van der Waals surface area contributed by atoms with Crippen molar-refractivity contribution in [3.8, 4) is 0 Å². The summed E-state index contributed by atoms with van der Waals surface area (Å²) in [6, 6.07) is 1.18. The largest absolute Gasteiger partial charge is 0.362 e. The van der Waals surface area contributed by atoms with Gasteiger partial charge in [0.05, 0.1) is 6.04 Å². The van der Waals surface area contributed by atoms with Crippen molar-refractivity contribution in [1.82, 2.24) is 5.32 Å². The van der Waals surface area contributed by atoms with Gasteiger partial charge < -0.3 is 5.32 Å². The summed E-state index contributed by atoms with van der Waals surface area (Å²) in [5, 5.41) is 5.48. The summed E-state index contributed by atoms with van der Waals surface area (Å²) < 4.78 is 0. The Morgan fingerprint density at radius 1 is 1.29 bits per heavy atom. The molecule has 2 rings (SSSR count). The molecule has 1 N–H and O–H groups in total. The maximum Gasteiger partial charge on any atom is 0.157 e. The van der Waals surface area contributed by atoms with Crippen LogP contribution < -0.4 is 5.32 Å². The SMILES string of the molecule is CCC1CCCCC1N=C1NC(C)CC(C)S1. The average Bonchev–Trinajstić information content (AvgIpc) is 2.28. The van der Waals surface area contributed by atoms with Gasteiger partial charge in [0.15, 0.2) is 5.17 Å². The number of amidine groups is 1. The Hall–Kier alpha value is -0.180. The zero-order chi connectivity index (χ0) is 12.3. The van der Waals surface area contributed by atoms with Crippen molar-refractivity contribution in [2.45, 2.75) is 76.6 Å². The maximum atomic E-state index is 5.02. The molecule has 0 spiro atoms. The van der Waals surface area contributed by atoms with E-state index in [9.17, 15) is 0 Å². The molecule has 1 heterocycles. The molecule has 0 bridgehead atoms. The van der Waals surface area contributed by atoms with Gasteiger partial charge in [0, 0.05) is 11.3 Å². The van der Waals surface area contributed by atoms with Crippen molar-refractivity contribution in [1.29, 1.82) is 0 Å². The smallest absolute Gasteiger partial charge is 0.157 e. The van der Waals surface area contributed by atoms with Crippen LogP contribution >= 0.6 is 11.8 Å². The van der Waals surface area contributed by atoms with Crippen LogP contribution in [0.2, 0.25) is 0 Å². The van der Waals surface area contributed by atoms with Crippen LogP contribution in [0.25, 0.3) is 0 Å². The van der Waals surface area contributed by atoms with Crippen LogP contribution in [0.1, 0.15) is 59.3 Å².